The van der Waals surface area contributed by atoms with Gasteiger partial charge in [-0.1, -0.05) is 0 Å². The number of ether oxygens (including phenoxy) is 2. The number of aromatic nitrogens is 2. The van der Waals surface area contributed by atoms with Crippen molar-refractivity contribution < 1.29 is 9.47 Å². The molecule has 0 fully saturated rings. The van der Waals surface area contributed by atoms with Gasteiger partial charge in [0.05, 0.1) is 20.5 Å². The summed E-state index contributed by atoms with van der Waals surface area (Å²) in [6.45, 7) is 3.81. The summed E-state index contributed by atoms with van der Waals surface area (Å²) in [5.41, 5.74) is 1.14. The Labute approximate surface area is 119 Å². The van der Waals surface area contributed by atoms with E-state index in [9.17, 15) is 0 Å². The Morgan fingerprint density at radius 1 is 1.20 bits per heavy atom. The molecule has 5 heteroatoms. The molecule has 1 aromatic carbocycles. The van der Waals surface area contributed by atoms with Crippen LogP contribution in [0.15, 0.2) is 36.9 Å². The third-order valence-corrected chi connectivity index (χ3v) is 3.11. The molecule has 0 bridgehead atoms. The quantitative estimate of drug-likeness (QED) is 0.840. The highest BCUT2D eigenvalue weighted by atomic mass is 16.5. The van der Waals surface area contributed by atoms with E-state index in [1.165, 1.54) is 0 Å². The molecule has 0 spiro atoms. The van der Waals surface area contributed by atoms with Gasteiger partial charge in [0.2, 0.25) is 0 Å². The highest BCUT2D eigenvalue weighted by Gasteiger charge is 2.05. The molecule has 0 radical (unpaired) electrons. The van der Waals surface area contributed by atoms with Gasteiger partial charge in [0.15, 0.2) is 0 Å². The molecule has 1 N–H and O–H groups in total. The van der Waals surface area contributed by atoms with Gasteiger partial charge in [-0.15, -0.1) is 0 Å². The summed E-state index contributed by atoms with van der Waals surface area (Å²) in [6, 6.07) is 6.25. The van der Waals surface area contributed by atoms with Crippen LogP contribution < -0.4 is 14.8 Å². The molecule has 1 aromatic heterocycles. The van der Waals surface area contributed by atoms with Crippen molar-refractivity contribution in [3.63, 3.8) is 0 Å². The van der Waals surface area contributed by atoms with Crippen molar-refractivity contribution in [2.75, 3.05) is 14.2 Å². The first-order valence-electron chi connectivity index (χ1n) is 6.62. The minimum atomic E-state index is 0.349. The largest absolute Gasteiger partial charge is 0.497 e. The lowest BCUT2D eigenvalue weighted by molar-refractivity contribution is 0.392. The Morgan fingerprint density at radius 2 is 1.90 bits per heavy atom. The lowest BCUT2D eigenvalue weighted by atomic mass is 10.2. The number of methoxy groups -OCH3 is 2. The van der Waals surface area contributed by atoms with E-state index in [2.05, 4.69) is 21.8 Å². The van der Waals surface area contributed by atoms with E-state index in [0.717, 1.165) is 30.2 Å². The third kappa shape index (κ3) is 3.99. The molecule has 0 saturated heterocycles. The van der Waals surface area contributed by atoms with Gasteiger partial charge in [0.1, 0.15) is 11.5 Å². The van der Waals surface area contributed by atoms with Crippen LogP contribution in [0.4, 0.5) is 0 Å². The van der Waals surface area contributed by atoms with E-state index < -0.39 is 0 Å². The van der Waals surface area contributed by atoms with Crippen LogP contribution in [-0.4, -0.2) is 29.8 Å². The molecule has 0 aliphatic carbocycles. The van der Waals surface area contributed by atoms with Gasteiger partial charge in [-0.25, -0.2) is 4.98 Å². The van der Waals surface area contributed by atoms with Gasteiger partial charge >= 0.3 is 0 Å². The number of nitrogens with zero attached hydrogens (tertiary/aromatic N) is 2. The van der Waals surface area contributed by atoms with E-state index in [4.69, 9.17) is 9.47 Å². The SMILES string of the molecule is COc1cc(CNC(C)Cn2ccnc2)cc(OC)c1. The Morgan fingerprint density at radius 3 is 2.45 bits per heavy atom. The number of nitrogens with one attached hydrogen (secondary N) is 1. The highest BCUT2D eigenvalue weighted by Crippen LogP contribution is 2.22. The summed E-state index contributed by atoms with van der Waals surface area (Å²) in [6.07, 6.45) is 5.58. The first-order chi connectivity index (χ1) is 9.71. The summed E-state index contributed by atoms with van der Waals surface area (Å²) < 4.78 is 12.6. The predicted molar refractivity (Wildman–Crippen MR) is 78.1 cm³/mol. The Bertz CT molecular complexity index is 504. The maximum Gasteiger partial charge on any atom is 0.122 e. The van der Waals surface area contributed by atoms with E-state index in [1.54, 1.807) is 20.4 Å². The van der Waals surface area contributed by atoms with Crippen LogP contribution in [0, 0.1) is 0 Å². The van der Waals surface area contributed by atoms with Gasteiger partial charge in [0.25, 0.3) is 0 Å². The Hall–Kier alpha value is -2.01. The minimum absolute atomic E-state index is 0.349. The zero-order chi connectivity index (χ0) is 14.4. The molecule has 1 heterocycles. The van der Waals surface area contributed by atoms with Crippen LogP contribution in [0.25, 0.3) is 0 Å². The number of benzene rings is 1. The number of rotatable bonds is 7. The molecule has 5 nitrogen and oxygen atoms in total. The fourth-order valence-electron chi connectivity index (χ4n) is 2.04. The maximum atomic E-state index is 5.27. The van der Waals surface area contributed by atoms with Gasteiger partial charge < -0.3 is 19.4 Å². The average molecular weight is 275 g/mol. The maximum absolute atomic E-state index is 5.27. The minimum Gasteiger partial charge on any atom is -0.497 e. The molecule has 20 heavy (non-hydrogen) atoms. The molecule has 1 atom stereocenters. The monoisotopic (exact) mass is 275 g/mol. The number of imidazole rings is 1. The van der Waals surface area contributed by atoms with Crippen molar-refractivity contribution in [2.24, 2.45) is 0 Å². The zero-order valence-electron chi connectivity index (χ0n) is 12.2. The summed E-state index contributed by atoms with van der Waals surface area (Å²) in [5.74, 6) is 1.62. The molecular formula is C15H21N3O2. The molecule has 2 rings (SSSR count). The molecular weight excluding hydrogens is 254 g/mol. The molecule has 0 saturated carbocycles. The second-order valence-corrected chi connectivity index (χ2v) is 4.76. The fraction of sp³-hybridized carbons (Fsp3) is 0.400. The Kier molecular flexibility index (Phi) is 5.01. The summed E-state index contributed by atoms with van der Waals surface area (Å²) in [4.78, 5) is 4.04. The second-order valence-electron chi connectivity index (χ2n) is 4.76. The molecule has 2 aromatic rings. The first-order valence-corrected chi connectivity index (χ1v) is 6.62. The van der Waals surface area contributed by atoms with Gasteiger partial charge in [0, 0.05) is 37.6 Å². The molecule has 108 valence electrons. The standard InChI is InChI=1S/C15H21N3O2/c1-12(10-18-5-4-16-11-18)17-9-13-6-14(19-2)8-15(7-13)20-3/h4-8,11-12,17H,9-10H2,1-3H3. The van der Waals surface area contributed by atoms with Gasteiger partial charge in [-0.3, -0.25) is 0 Å². The van der Waals surface area contributed by atoms with Crippen LogP contribution >= 0.6 is 0 Å². The predicted octanol–water partition coefficient (Wildman–Crippen LogP) is 2.08. The van der Waals surface area contributed by atoms with Crippen molar-refractivity contribution in [1.29, 1.82) is 0 Å². The van der Waals surface area contributed by atoms with Crippen molar-refractivity contribution in [2.45, 2.75) is 26.1 Å². The highest BCUT2D eigenvalue weighted by molar-refractivity contribution is 5.38. The van der Waals surface area contributed by atoms with Crippen molar-refractivity contribution in [1.82, 2.24) is 14.9 Å². The smallest absolute Gasteiger partial charge is 0.122 e. The summed E-state index contributed by atoms with van der Waals surface area (Å²) >= 11 is 0. The second kappa shape index (κ2) is 6.96. The van der Waals surface area contributed by atoms with E-state index in [0.29, 0.717) is 6.04 Å². The van der Waals surface area contributed by atoms with Crippen LogP contribution in [0.1, 0.15) is 12.5 Å². The van der Waals surface area contributed by atoms with Crippen molar-refractivity contribution in [3.05, 3.63) is 42.5 Å². The third-order valence-electron chi connectivity index (χ3n) is 3.11. The van der Waals surface area contributed by atoms with Crippen LogP contribution in [0.3, 0.4) is 0 Å². The normalized spacial score (nSPS) is 12.2. The van der Waals surface area contributed by atoms with Crippen LogP contribution in [0.5, 0.6) is 11.5 Å². The van der Waals surface area contributed by atoms with E-state index in [-0.39, 0.29) is 0 Å². The van der Waals surface area contributed by atoms with Gasteiger partial charge in [-0.05, 0) is 24.6 Å². The van der Waals surface area contributed by atoms with Gasteiger partial charge in [-0.2, -0.15) is 0 Å². The zero-order valence-corrected chi connectivity index (χ0v) is 12.2. The first kappa shape index (κ1) is 14.4. The van der Waals surface area contributed by atoms with Crippen molar-refractivity contribution in [3.8, 4) is 11.5 Å². The average Bonchev–Trinajstić information content (AvgIpc) is 2.97. The van der Waals surface area contributed by atoms with Crippen LogP contribution in [-0.2, 0) is 13.1 Å². The topological polar surface area (TPSA) is 48.3 Å². The summed E-state index contributed by atoms with van der Waals surface area (Å²) in [7, 11) is 3.32. The van der Waals surface area contributed by atoms with E-state index >= 15 is 0 Å². The molecule has 0 amide bonds. The number of hydrogen-bond donors (Lipinski definition) is 1. The molecule has 0 aliphatic heterocycles. The van der Waals surface area contributed by atoms with Crippen LogP contribution in [0.2, 0.25) is 0 Å². The van der Waals surface area contributed by atoms with Crippen molar-refractivity contribution >= 4 is 0 Å². The van der Waals surface area contributed by atoms with E-state index in [1.807, 2.05) is 30.7 Å². The fourth-order valence-corrected chi connectivity index (χ4v) is 2.04. The lowest BCUT2D eigenvalue weighted by Gasteiger charge is -2.15. The Balaban J connectivity index is 1.92. The molecule has 0 aliphatic rings. The number of hydrogen-bond acceptors (Lipinski definition) is 4. The summed E-state index contributed by atoms with van der Waals surface area (Å²) in [5, 5.41) is 3.48. The molecule has 1 unspecified atom stereocenters. The lowest BCUT2D eigenvalue weighted by Crippen LogP contribution is -2.29.